The summed E-state index contributed by atoms with van der Waals surface area (Å²) in [4.78, 5) is 14.0. The van der Waals surface area contributed by atoms with E-state index in [4.69, 9.17) is 14.0 Å². The van der Waals surface area contributed by atoms with Crippen molar-refractivity contribution in [2.75, 3.05) is 20.2 Å². The number of aromatic nitrogens is 1. The number of fused-ring (bicyclic) bond motifs is 1. The SMILES string of the molecule is CCC(Oc1ccc(C(C)=O)cc1OC)N1CCC(c2noc3ccccc23)CC1. The Balaban J connectivity index is 1.44. The van der Waals surface area contributed by atoms with Gasteiger partial charge in [0, 0.05) is 30.0 Å². The summed E-state index contributed by atoms with van der Waals surface area (Å²) in [5.74, 6) is 1.66. The molecule has 2 aromatic carbocycles. The summed E-state index contributed by atoms with van der Waals surface area (Å²) in [7, 11) is 1.60. The van der Waals surface area contributed by atoms with Crippen LogP contribution in [0.15, 0.2) is 47.0 Å². The first-order valence-corrected chi connectivity index (χ1v) is 10.5. The first-order valence-electron chi connectivity index (χ1n) is 10.5. The molecule has 2 heterocycles. The second-order valence-corrected chi connectivity index (χ2v) is 7.78. The average molecular weight is 408 g/mol. The van der Waals surface area contributed by atoms with Crippen molar-refractivity contribution < 1.29 is 18.8 Å². The fourth-order valence-corrected chi connectivity index (χ4v) is 4.21. The van der Waals surface area contributed by atoms with Crippen molar-refractivity contribution in [3.63, 3.8) is 0 Å². The lowest BCUT2D eigenvalue weighted by molar-refractivity contribution is 0.00432. The van der Waals surface area contributed by atoms with Gasteiger partial charge >= 0.3 is 0 Å². The van der Waals surface area contributed by atoms with Crippen LogP contribution in [0.5, 0.6) is 11.5 Å². The second kappa shape index (κ2) is 8.88. The fraction of sp³-hybridized carbons (Fsp3) is 0.417. The van der Waals surface area contributed by atoms with Crippen LogP contribution >= 0.6 is 0 Å². The van der Waals surface area contributed by atoms with Crippen molar-refractivity contribution in [1.82, 2.24) is 10.1 Å². The van der Waals surface area contributed by atoms with Crippen LogP contribution in [0, 0.1) is 0 Å². The molecule has 6 nitrogen and oxygen atoms in total. The quantitative estimate of drug-likeness (QED) is 0.511. The molecule has 0 bridgehead atoms. The van der Waals surface area contributed by atoms with E-state index in [1.807, 2.05) is 24.3 Å². The van der Waals surface area contributed by atoms with Crippen molar-refractivity contribution >= 4 is 16.8 Å². The number of nitrogens with zero attached hydrogens (tertiary/aromatic N) is 2. The summed E-state index contributed by atoms with van der Waals surface area (Å²) < 4.78 is 17.3. The minimum absolute atomic E-state index is 0.00865. The predicted octanol–water partition coefficient (Wildman–Crippen LogP) is 5.03. The first kappa shape index (κ1) is 20.4. The highest BCUT2D eigenvalue weighted by atomic mass is 16.5. The van der Waals surface area contributed by atoms with Crippen LogP contribution in [0.25, 0.3) is 11.0 Å². The molecule has 3 aromatic rings. The van der Waals surface area contributed by atoms with Crippen molar-refractivity contribution in [3.05, 3.63) is 53.7 Å². The van der Waals surface area contributed by atoms with Gasteiger partial charge in [0.1, 0.15) is 0 Å². The zero-order chi connectivity index (χ0) is 21.1. The highest BCUT2D eigenvalue weighted by Gasteiger charge is 2.29. The molecule has 0 saturated carbocycles. The normalized spacial score (nSPS) is 16.5. The summed E-state index contributed by atoms with van der Waals surface area (Å²) in [6.07, 6.45) is 2.83. The number of piperidine rings is 1. The number of hydrogen-bond acceptors (Lipinski definition) is 6. The van der Waals surface area contributed by atoms with E-state index in [0.717, 1.165) is 49.0 Å². The molecule has 30 heavy (non-hydrogen) atoms. The van der Waals surface area contributed by atoms with E-state index in [1.165, 1.54) is 0 Å². The van der Waals surface area contributed by atoms with E-state index in [2.05, 4.69) is 23.0 Å². The van der Waals surface area contributed by atoms with Crippen molar-refractivity contribution in [2.24, 2.45) is 0 Å². The number of rotatable bonds is 7. The van der Waals surface area contributed by atoms with Crippen LogP contribution in [0.4, 0.5) is 0 Å². The zero-order valence-corrected chi connectivity index (χ0v) is 17.8. The number of Topliss-reactive ketones (excluding diaryl/α,β-unsaturated/α-hetero) is 1. The predicted molar refractivity (Wildman–Crippen MR) is 115 cm³/mol. The number of ether oxygens (including phenoxy) is 2. The molecule has 0 spiro atoms. The Hall–Kier alpha value is -2.86. The molecule has 158 valence electrons. The molecule has 1 aliphatic heterocycles. The highest BCUT2D eigenvalue weighted by Crippen LogP contribution is 2.35. The molecule has 1 aromatic heterocycles. The highest BCUT2D eigenvalue weighted by molar-refractivity contribution is 5.94. The molecule has 0 radical (unpaired) electrons. The summed E-state index contributed by atoms with van der Waals surface area (Å²) in [6.45, 7) is 5.53. The lowest BCUT2D eigenvalue weighted by Crippen LogP contribution is -2.43. The molecule has 0 aliphatic carbocycles. The van der Waals surface area contributed by atoms with Gasteiger partial charge in [-0.1, -0.05) is 24.2 Å². The second-order valence-electron chi connectivity index (χ2n) is 7.78. The van der Waals surface area contributed by atoms with Gasteiger partial charge in [-0.15, -0.1) is 0 Å². The van der Waals surface area contributed by atoms with Gasteiger partial charge in [0.2, 0.25) is 0 Å². The van der Waals surface area contributed by atoms with Gasteiger partial charge in [0.05, 0.1) is 12.8 Å². The maximum Gasteiger partial charge on any atom is 0.167 e. The van der Waals surface area contributed by atoms with Gasteiger partial charge in [-0.25, -0.2) is 0 Å². The van der Waals surface area contributed by atoms with Gasteiger partial charge in [0.15, 0.2) is 29.1 Å². The standard InChI is InChI=1S/C24H28N2O4/c1-4-23(29-21-10-9-18(16(2)27)15-22(21)28-3)26-13-11-17(12-14-26)24-19-7-5-6-8-20(19)30-25-24/h5-10,15,17,23H,4,11-14H2,1-3H3. The smallest absolute Gasteiger partial charge is 0.167 e. The molecular weight excluding hydrogens is 380 g/mol. The Kier molecular flexibility index (Phi) is 6.04. The van der Waals surface area contributed by atoms with E-state index in [9.17, 15) is 4.79 Å². The number of hydrogen-bond donors (Lipinski definition) is 0. The Morgan fingerprint density at radius 2 is 1.97 bits per heavy atom. The molecule has 1 saturated heterocycles. The van der Waals surface area contributed by atoms with E-state index in [0.29, 0.717) is 23.0 Å². The van der Waals surface area contributed by atoms with Gasteiger partial charge < -0.3 is 14.0 Å². The van der Waals surface area contributed by atoms with Gasteiger partial charge in [0.25, 0.3) is 0 Å². The third-order valence-corrected chi connectivity index (χ3v) is 5.91. The Morgan fingerprint density at radius 1 is 1.20 bits per heavy atom. The maximum absolute atomic E-state index is 11.6. The van der Waals surface area contributed by atoms with Gasteiger partial charge in [-0.2, -0.15) is 0 Å². The summed E-state index contributed by atoms with van der Waals surface area (Å²) in [5, 5.41) is 5.47. The molecule has 1 fully saturated rings. The largest absolute Gasteiger partial charge is 0.493 e. The Bertz CT molecular complexity index is 1020. The molecule has 0 N–H and O–H groups in total. The molecule has 1 aliphatic rings. The number of carbonyl (C=O) groups is 1. The van der Waals surface area contributed by atoms with Gasteiger partial charge in [-0.05, 0) is 56.5 Å². The molecular formula is C24H28N2O4. The monoisotopic (exact) mass is 408 g/mol. The summed E-state index contributed by atoms with van der Waals surface area (Å²) >= 11 is 0. The van der Waals surface area contributed by atoms with Crippen LogP contribution in [0.1, 0.15) is 55.1 Å². The van der Waals surface area contributed by atoms with E-state index >= 15 is 0 Å². The third-order valence-electron chi connectivity index (χ3n) is 5.91. The van der Waals surface area contributed by atoms with Crippen LogP contribution in [0.3, 0.4) is 0 Å². The maximum atomic E-state index is 11.6. The van der Waals surface area contributed by atoms with E-state index in [1.54, 1.807) is 26.2 Å². The molecule has 4 rings (SSSR count). The lowest BCUT2D eigenvalue weighted by atomic mass is 9.91. The van der Waals surface area contributed by atoms with E-state index in [-0.39, 0.29) is 12.0 Å². The Morgan fingerprint density at radius 3 is 2.67 bits per heavy atom. The van der Waals surface area contributed by atoms with Crippen molar-refractivity contribution in [2.45, 2.75) is 45.3 Å². The number of methoxy groups -OCH3 is 1. The van der Waals surface area contributed by atoms with Crippen LogP contribution in [0.2, 0.25) is 0 Å². The van der Waals surface area contributed by atoms with Crippen LogP contribution in [-0.4, -0.2) is 42.3 Å². The number of para-hydroxylation sites is 1. The minimum atomic E-state index is -0.0444. The fourth-order valence-electron chi connectivity index (χ4n) is 4.21. The molecule has 1 unspecified atom stereocenters. The summed E-state index contributed by atoms with van der Waals surface area (Å²) in [5.41, 5.74) is 2.54. The van der Waals surface area contributed by atoms with Gasteiger partial charge in [-0.3, -0.25) is 9.69 Å². The molecule has 6 heteroatoms. The van der Waals surface area contributed by atoms with Crippen molar-refractivity contribution in [3.8, 4) is 11.5 Å². The molecule has 0 amide bonds. The van der Waals surface area contributed by atoms with Crippen LogP contribution < -0.4 is 9.47 Å². The number of benzene rings is 2. The summed E-state index contributed by atoms with van der Waals surface area (Å²) in [6, 6.07) is 13.4. The minimum Gasteiger partial charge on any atom is -0.493 e. The average Bonchev–Trinajstić information content (AvgIpc) is 3.21. The Labute approximate surface area is 176 Å². The van der Waals surface area contributed by atoms with E-state index < -0.39 is 0 Å². The molecule has 1 atom stereocenters. The first-order chi connectivity index (χ1) is 14.6. The number of likely N-dealkylation sites (tertiary alicyclic amines) is 1. The topological polar surface area (TPSA) is 64.8 Å². The third kappa shape index (κ3) is 4.05. The number of ketones is 1. The zero-order valence-electron chi connectivity index (χ0n) is 17.8. The van der Waals surface area contributed by atoms with Crippen LogP contribution in [-0.2, 0) is 0 Å². The number of carbonyl (C=O) groups excluding carboxylic acids is 1. The van der Waals surface area contributed by atoms with Crippen molar-refractivity contribution in [1.29, 1.82) is 0 Å². The lowest BCUT2D eigenvalue weighted by Gasteiger charge is -2.36.